The molecule has 0 aliphatic heterocycles. The van der Waals surface area contributed by atoms with Crippen molar-refractivity contribution < 1.29 is 5.11 Å². The molecule has 13 heavy (non-hydrogen) atoms. The quantitative estimate of drug-likeness (QED) is 0.727. The highest BCUT2D eigenvalue weighted by molar-refractivity contribution is 7.12. The zero-order chi connectivity index (χ0) is 10.1. The lowest BCUT2D eigenvalue weighted by molar-refractivity contribution is 0.0649. The normalized spacial score (nSPS) is 11.9. The molecule has 3 N–H and O–H groups in total. The number of aromatic nitrogens is 2. The summed E-state index contributed by atoms with van der Waals surface area (Å²) < 4.78 is 1.28. The maximum absolute atomic E-state index is 11.1. The Morgan fingerprint density at radius 2 is 2.31 bits per heavy atom. The molecular weight excluding hydrogens is 190 g/mol. The van der Waals surface area contributed by atoms with Crippen molar-refractivity contribution in [2.75, 3.05) is 5.73 Å². The van der Waals surface area contributed by atoms with E-state index in [1.165, 1.54) is 4.68 Å². The van der Waals surface area contributed by atoms with Crippen LogP contribution in [0.4, 0.5) is 5.13 Å². The van der Waals surface area contributed by atoms with Gasteiger partial charge in [-0.05, 0) is 31.6 Å². The van der Waals surface area contributed by atoms with E-state index in [4.69, 9.17) is 5.73 Å². The van der Waals surface area contributed by atoms with Crippen molar-refractivity contribution in [2.24, 2.45) is 0 Å². The van der Waals surface area contributed by atoms with E-state index >= 15 is 0 Å². The molecule has 5 nitrogen and oxygen atoms in total. The molecule has 1 aromatic rings. The smallest absolute Gasteiger partial charge is 0.326 e. The van der Waals surface area contributed by atoms with Gasteiger partial charge in [0.1, 0.15) is 0 Å². The molecule has 0 atom stereocenters. The van der Waals surface area contributed by atoms with Gasteiger partial charge in [-0.25, -0.2) is 4.68 Å². The first-order valence-electron chi connectivity index (χ1n) is 3.94. The van der Waals surface area contributed by atoms with Crippen LogP contribution in [0.1, 0.15) is 20.3 Å². The van der Waals surface area contributed by atoms with Crippen molar-refractivity contribution in [3.8, 4) is 0 Å². The third-order valence-electron chi connectivity index (χ3n) is 1.56. The van der Waals surface area contributed by atoms with Gasteiger partial charge in [-0.15, -0.1) is 5.10 Å². The molecule has 0 aliphatic rings. The van der Waals surface area contributed by atoms with Crippen LogP contribution in [0.25, 0.3) is 0 Å². The highest BCUT2D eigenvalue weighted by Gasteiger charge is 2.13. The molecule has 74 valence electrons. The number of anilines is 1. The van der Waals surface area contributed by atoms with Crippen molar-refractivity contribution >= 4 is 16.5 Å². The van der Waals surface area contributed by atoms with Crippen molar-refractivity contribution in [3.63, 3.8) is 0 Å². The number of nitrogens with two attached hydrogens (primary N) is 1. The Morgan fingerprint density at radius 3 is 2.69 bits per heavy atom. The van der Waals surface area contributed by atoms with E-state index in [-0.39, 0.29) is 10.0 Å². The lowest BCUT2D eigenvalue weighted by atomic mass is 10.1. The molecule has 1 aromatic heterocycles. The van der Waals surface area contributed by atoms with Crippen molar-refractivity contribution in [3.05, 3.63) is 9.67 Å². The molecule has 0 radical (unpaired) electrons. The Morgan fingerprint density at radius 1 is 1.69 bits per heavy atom. The van der Waals surface area contributed by atoms with Crippen LogP contribution in [0.15, 0.2) is 4.79 Å². The summed E-state index contributed by atoms with van der Waals surface area (Å²) in [5.41, 5.74) is 4.56. The first-order valence-corrected chi connectivity index (χ1v) is 4.76. The van der Waals surface area contributed by atoms with E-state index in [1.807, 2.05) is 0 Å². The molecule has 0 bridgehead atoms. The molecule has 0 aromatic carbocycles. The van der Waals surface area contributed by atoms with E-state index in [9.17, 15) is 9.90 Å². The predicted octanol–water partition coefficient (Wildman–Crippen LogP) is 0.0480. The van der Waals surface area contributed by atoms with E-state index < -0.39 is 5.60 Å². The second-order valence-electron chi connectivity index (χ2n) is 3.49. The van der Waals surface area contributed by atoms with Crippen LogP contribution in [-0.2, 0) is 6.54 Å². The largest absolute Gasteiger partial charge is 0.390 e. The standard InChI is InChI=1S/C7H13N3O2S/c1-7(2,12)3-4-10-6(11)13-5(8)9-10/h12H,3-4H2,1-2H3,(H2,8,9). The van der Waals surface area contributed by atoms with Crippen LogP contribution in [0.5, 0.6) is 0 Å². The summed E-state index contributed by atoms with van der Waals surface area (Å²) >= 11 is 0.912. The third-order valence-corrected chi connectivity index (χ3v) is 2.23. The van der Waals surface area contributed by atoms with Gasteiger partial charge in [0.05, 0.1) is 5.60 Å². The molecular formula is C7H13N3O2S. The average Bonchev–Trinajstić information content (AvgIpc) is 2.24. The second kappa shape index (κ2) is 3.47. The number of hydrogen-bond donors (Lipinski definition) is 2. The van der Waals surface area contributed by atoms with E-state index in [0.717, 1.165) is 11.3 Å². The first-order chi connectivity index (χ1) is 5.88. The molecule has 0 amide bonds. The minimum Gasteiger partial charge on any atom is -0.390 e. The van der Waals surface area contributed by atoms with Gasteiger partial charge in [-0.3, -0.25) is 4.79 Å². The van der Waals surface area contributed by atoms with Crippen LogP contribution in [0, 0.1) is 0 Å². The van der Waals surface area contributed by atoms with Gasteiger partial charge in [0.25, 0.3) is 0 Å². The van der Waals surface area contributed by atoms with Crippen LogP contribution in [0.3, 0.4) is 0 Å². The molecule has 0 saturated carbocycles. The SMILES string of the molecule is CC(C)(O)CCn1nc(N)sc1=O. The number of aryl methyl sites for hydroxylation is 1. The maximum atomic E-state index is 11.1. The van der Waals surface area contributed by atoms with E-state index in [0.29, 0.717) is 13.0 Å². The fourth-order valence-electron chi connectivity index (χ4n) is 0.843. The van der Waals surface area contributed by atoms with Gasteiger partial charge >= 0.3 is 4.87 Å². The highest BCUT2D eigenvalue weighted by Crippen LogP contribution is 2.08. The van der Waals surface area contributed by atoms with Crippen molar-refractivity contribution in [1.82, 2.24) is 9.78 Å². The third kappa shape index (κ3) is 3.16. The highest BCUT2D eigenvalue weighted by atomic mass is 32.1. The topological polar surface area (TPSA) is 81.1 Å². The molecule has 0 aliphatic carbocycles. The monoisotopic (exact) mass is 203 g/mol. The minimum absolute atomic E-state index is 0.179. The van der Waals surface area contributed by atoms with E-state index in [2.05, 4.69) is 5.10 Å². The van der Waals surface area contributed by atoms with Crippen LogP contribution >= 0.6 is 11.3 Å². The summed E-state index contributed by atoms with van der Waals surface area (Å²) in [7, 11) is 0. The predicted molar refractivity (Wildman–Crippen MR) is 51.7 cm³/mol. The van der Waals surface area contributed by atoms with Gasteiger partial charge in [0.2, 0.25) is 5.13 Å². The Balaban J connectivity index is 2.65. The summed E-state index contributed by atoms with van der Waals surface area (Å²) in [6, 6.07) is 0. The minimum atomic E-state index is -0.780. The zero-order valence-electron chi connectivity index (χ0n) is 7.65. The fraction of sp³-hybridized carbons (Fsp3) is 0.714. The summed E-state index contributed by atoms with van der Waals surface area (Å²) in [5.74, 6) is 0. The van der Waals surface area contributed by atoms with Gasteiger partial charge < -0.3 is 10.8 Å². The maximum Gasteiger partial charge on any atom is 0.326 e. The van der Waals surface area contributed by atoms with E-state index in [1.54, 1.807) is 13.8 Å². The summed E-state index contributed by atoms with van der Waals surface area (Å²) in [6.45, 7) is 3.78. The molecule has 0 unspecified atom stereocenters. The summed E-state index contributed by atoms with van der Waals surface area (Å²) in [6.07, 6.45) is 0.482. The number of nitrogen functional groups attached to an aromatic ring is 1. The molecule has 1 rings (SSSR count). The fourth-order valence-corrected chi connectivity index (χ4v) is 1.40. The molecule has 0 spiro atoms. The lowest BCUT2D eigenvalue weighted by Crippen LogP contribution is -2.24. The van der Waals surface area contributed by atoms with Gasteiger partial charge in [-0.2, -0.15) is 0 Å². The average molecular weight is 203 g/mol. The van der Waals surface area contributed by atoms with Crippen molar-refractivity contribution in [1.29, 1.82) is 0 Å². The van der Waals surface area contributed by atoms with Crippen LogP contribution in [0.2, 0.25) is 0 Å². The number of nitrogens with zero attached hydrogens (tertiary/aromatic N) is 2. The van der Waals surface area contributed by atoms with Crippen LogP contribution in [-0.4, -0.2) is 20.5 Å². The molecule has 0 saturated heterocycles. The number of rotatable bonds is 3. The number of aliphatic hydroxyl groups is 1. The Hall–Kier alpha value is -0.880. The van der Waals surface area contributed by atoms with Gasteiger partial charge in [0, 0.05) is 6.54 Å². The summed E-state index contributed by atoms with van der Waals surface area (Å²) in [4.78, 5) is 10.9. The van der Waals surface area contributed by atoms with Crippen LogP contribution < -0.4 is 10.6 Å². The first kappa shape index (κ1) is 10.2. The molecule has 1 heterocycles. The Bertz CT molecular complexity index is 336. The Labute approximate surface area is 79.8 Å². The Kier molecular flexibility index (Phi) is 2.72. The van der Waals surface area contributed by atoms with Crippen molar-refractivity contribution in [2.45, 2.75) is 32.4 Å². The second-order valence-corrected chi connectivity index (χ2v) is 4.46. The molecule has 6 heteroatoms. The number of hydrogen-bond acceptors (Lipinski definition) is 5. The zero-order valence-corrected chi connectivity index (χ0v) is 8.47. The lowest BCUT2D eigenvalue weighted by Gasteiger charge is -2.15. The van der Waals surface area contributed by atoms with Gasteiger partial charge in [-0.1, -0.05) is 0 Å². The molecule has 0 fully saturated rings. The van der Waals surface area contributed by atoms with Gasteiger partial charge in [0.15, 0.2) is 0 Å². The summed E-state index contributed by atoms with van der Waals surface area (Å²) in [5, 5.41) is 13.5.